The fourth-order valence-electron chi connectivity index (χ4n) is 3.06. The number of para-hydroxylation sites is 2. The minimum atomic E-state index is -0.0550. The number of aryl methyl sites for hydroxylation is 1. The Hall–Kier alpha value is -2.53. The van der Waals surface area contributed by atoms with Crippen LogP contribution in [0.2, 0.25) is 0 Å². The fourth-order valence-corrected chi connectivity index (χ4v) is 3.06. The summed E-state index contributed by atoms with van der Waals surface area (Å²) in [6, 6.07) is 13.9. The number of hydrogen-bond acceptors (Lipinski definition) is 4. The molecule has 0 aliphatic carbocycles. The lowest BCUT2D eigenvalue weighted by molar-refractivity contribution is 0.274. The van der Waals surface area contributed by atoms with Crippen molar-refractivity contribution < 1.29 is 9.84 Å². The van der Waals surface area contributed by atoms with Crippen LogP contribution >= 0.6 is 0 Å². The molecule has 24 heavy (non-hydrogen) atoms. The van der Waals surface area contributed by atoms with Gasteiger partial charge in [0, 0.05) is 17.8 Å². The number of aliphatic hydroxyl groups is 1. The van der Waals surface area contributed by atoms with Crippen LogP contribution in [0.5, 0.6) is 5.75 Å². The average molecular weight is 325 g/mol. The van der Waals surface area contributed by atoms with E-state index in [1.807, 2.05) is 36.4 Å². The zero-order valence-corrected chi connectivity index (χ0v) is 14.3. The first-order valence-electron chi connectivity index (χ1n) is 8.17. The van der Waals surface area contributed by atoms with Gasteiger partial charge in [0.15, 0.2) is 0 Å². The maximum atomic E-state index is 9.48. The van der Waals surface area contributed by atoms with Crippen LogP contribution in [0.4, 0.5) is 5.69 Å². The van der Waals surface area contributed by atoms with Gasteiger partial charge in [-0.2, -0.15) is 0 Å². The number of hydrogen-bond donors (Lipinski definition) is 2. The topological polar surface area (TPSA) is 59.3 Å². The molecule has 5 nitrogen and oxygen atoms in total. The van der Waals surface area contributed by atoms with Gasteiger partial charge in [0.25, 0.3) is 0 Å². The van der Waals surface area contributed by atoms with Gasteiger partial charge in [0.1, 0.15) is 11.6 Å². The van der Waals surface area contributed by atoms with Gasteiger partial charge >= 0.3 is 0 Å². The molecule has 2 N–H and O–H groups in total. The third-order valence-electron chi connectivity index (χ3n) is 4.22. The molecule has 0 bridgehead atoms. The molecular weight excluding hydrogens is 302 g/mol. The van der Waals surface area contributed by atoms with E-state index in [1.54, 1.807) is 7.11 Å². The Kier molecular flexibility index (Phi) is 4.71. The summed E-state index contributed by atoms with van der Waals surface area (Å²) >= 11 is 0. The van der Waals surface area contributed by atoms with Crippen LogP contribution in [-0.2, 0) is 13.2 Å². The monoisotopic (exact) mass is 325 g/mol. The summed E-state index contributed by atoms with van der Waals surface area (Å²) in [5, 5.41) is 12.9. The van der Waals surface area contributed by atoms with Crippen molar-refractivity contribution in [1.29, 1.82) is 0 Å². The Labute approximate surface area is 141 Å². The molecule has 1 heterocycles. The molecule has 1 unspecified atom stereocenters. The molecule has 0 spiro atoms. The number of fused-ring (bicyclic) bond motifs is 1. The van der Waals surface area contributed by atoms with Gasteiger partial charge in [-0.05, 0) is 44.2 Å². The molecular formula is C19H23N3O2. The molecule has 3 aromatic rings. The van der Waals surface area contributed by atoms with Crippen LogP contribution in [0.15, 0.2) is 42.5 Å². The van der Waals surface area contributed by atoms with E-state index in [9.17, 15) is 5.11 Å². The van der Waals surface area contributed by atoms with Gasteiger partial charge < -0.3 is 19.7 Å². The average Bonchev–Trinajstić information content (AvgIpc) is 3.00. The van der Waals surface area contributed by atoms with Crippen molar-refractivity contribution in [2.75, 3.05) is 12.4 Å². The van der Waals surface area contributed by atoms with Crippen molar-refractivity contribution in [2.24, 2.45) is 0 Å². The molecule has 0 aliphatic rings. The van der Waals surface area contributed by atoms with Crippen LogP contribution in [0, 0.1) is 0 Å². The second kappa shape index (κ2) is 6.93. The minimum Gasteiger partial charge on any atom is -0.496 e. The predicted octanol–water partition coefficient (Wildman–Crippen LogP) is 3.73. The van der Waals surface area contributed by atoms with E-state index in [4.69, 9.17) is 9.72 Å². The van der Waals surface area contributed by atoms with Gasteiger partial charge in [0.2, 0.25) is 0 Å². The third-order valence-corrected chi connectivity index (χ3v) is 4.22. The molecule has 5 heteroatoms. The van der Waals surface area contributed by atoms with Crippen molar-refractivity contribution in [2.45, 2.75) is 33.0 Å². The summed E-state index contributed by atoms with van der Waals surface area (Å²) < 4.78 is 7.48. The highest BCUT2D eigenvalue weighted by atomic mass is 16.5. The Morgan fingerprint density at radius 2 is 2.04 bits per heavy atom. The van der Waals surface area contributed by atoms with Gasteiger partial charge in [-0.1, -0.05) is 12.1 Å². The van der Waals surface area contributed by atoms with Crippen LogP contribution in [0.25, 0.3) is 11.0 Å². The molecule has 0 fully saturated rings. The molecule has 3 rings (SSSR count). The van der Waals surface area contributed by atoms with E-state index in [-0.39, 0.29) is 12.6 Å². The SMILES string of the molecule is CCn1c(C(C)Nc2ccc(OC)c(CO)c2)nc2ccccc21. The molecule has 2 aromatic carbocycles. The number of nitrogens with zero attached hydrogens (tertiary/aromatic N) is 2. The molecule has 126 valence electrons. The number of anilines is 1. The number of aromatic nitrogens is 2. The smallest absolute Gasteiger partial charge is 0.132 e. The highest BCUT2D eigenvalue weighted by Crippen LogP contribution is 2.27. The molecule has 0 amide bonds. The van der Waals surface area contributed by atoms with Gasteiger partial charge in [-0.25, -0.2) is 4.98 Å². The van der Waals surface area contributed by atoms with Crippen molar-refractivity contribution in [3.8, 4) is 5.75 Å². The largest absolute Gasteiger partial charge is 0.496 e. The maximum Gasteiger partial charge on any atom is 0.132 e. The Balaban J connectivity index is 1.91. The number of benzene rings is 2. The minimum absolute atomic E-state index is 0.0392. The van der Waals surface area contributed by atoms with Crippen LogP contribution in [-0.4, -0.2) is 21.8 Å². The molecule has 1 aromatic heterocycles. The number of ether oxygens (including phenoxy) is 1. The number of rotatable bonds is 6. The first-order chi connectivity index (χ1) is 11.7. The first kappa shape index (κ1) is 16.3. The van der Waals surface area contributed by atoms with Crippen molar-refractivity contribution in [3.63, 3.8) is 0 Å². The van der Waals surface area contributed by atoms with E-state index < -0.39 is 0 Å². The summed E-state index contributed by atoms with van der Waals surface area (Å²) in [6.45, 7) is 5.03. The fraction of sp³-hybridized carbons (Fsp3) is 0.316. The number of nitrogens with one attached hydrogen (secondary N) is 1. The van der Waals surface area contributed by atoms with Gasteiger partial charge in [-0.15, -0.1) is 0 Å². The van der Waals surface area contributed by atoms with Crippen LogP contribution in [0.3, 0.4) is 0 Å². The molecule has 0 aliphatic heterocycles. The van der Waals surface area contributed by atoms with Crippen molar-refractivity contribution >= 4 is 16.7 Å². The van der Waals surface area contributed by atoms with Crippen molar-refractivity contribution in [1.82, 2.24) is 9.55 Å². The Morgan fingerprint density at radius 1 is 1.25 bits per heavy atom. The first-order valence-corrected chi connectivity index (χ1v) is 8.17. The highest BCUT2D eigenvalue weighted by molar-refractivity contribution is 5.76. The molecule has 0 saturated heterocycles. The molecule has 0 radical (unpaired) electrons. The second-order valence-corrected chi connectivity index (χ2v) is 5.75. The molecule has 0 saturated carbocycles. The van der Waals surface area contributed by atoms with Gasteiger partial charge in [0.05, 0.1) is 30.8 Å². The van der Waals surface area contributed by atoms with E-state index in [0.717, 1.165) is 34.7 Å². The lowest BCUT2D eigenvalue weighted by Crippen LogP contribution is -2.13. The van der Waals surface area contributed by atoms with E-state index in [0.29, 0.717) is 5.75 Å². The number of imidazole rings is 1. The normalized spacial score (nSPS) is 12.3. The summed E-state index contributed by atoms with van der Waals surface area (Å²) in [6.07, 6.45) is 0. The summed E-state index contributed by atoms with van der Waals surface area (Å²) in [7, 11) is 1.60. The van der Waals surface area contributed by atoms with Gasteiger partial charge in [-0.3, -0.25) is 0 Å². The maximum absolute atomic E-state index is 9.48. The zero-order chi connectivity index (χ0) is 17.1. The number of aliphatic hydroxyl groups excluding tert-OH is 1. The zero-order valence-electron chi connectivity index (χ0n) is 14.3. The van der Waals surface area contributed by atoms with Crippen molar-refractivity contribution in [3.05, 3.63) is 53.9 Å². The van der Waals surface area contributed by atoms with Crippen LogP contribution < -0.4 is 10.1 Å². The predicted molar refractivity (Wildman–Crippen MR) is 96.4 cm³/mol. The lowest BCUT2D eigenvalue weighted by Gasteiger charge is -2.17. The standard InChI is InChI=1S/C19H23N3O2/c1-4-22-17-8-6-5-7-16(17)21-19(22)13(2)20-15-9-10-18(24-3)14(11-15)12-23/h5-11,13,20,23H,4,12H2,1-3H3. The summed E-state index contributed by atoms with van der Waals surface area (Å²) in [5.74, 6) is 1.69. The summed E-state index contributed by atoms with van der Waals surface area (Å²) in [4.78, 5) is 4.78. The Morgan fingerprint density at radius 3 is 2.75 bits per heavy atom. The van der Waals surface area contributed by atoms with E-state index >= 15 is 0 Å². The number of methoxy groups -OCH3 is 1. The lowest BCUT2D eigenvalue weighted by atomic mass is 10.1. The Bertz CT molecular complexity index is 842. The third kappa shape index (κ3) is 2.95. The van der Waals surface area contributed by atoms with E-state index in [1.165, 1.54) is 0 Å². The van der Waals surface area contributed by atoms with E-state index in [2.05, 4.69) is 29.8 Å². The van der Waals surface area contributed by atoms with Crippen LogP contribution in [0.1, 0.15) is 31.3 Å². The summed E-state index contributed by atoms with van der Waals surface area (Å²) in [5.41, 5.74) is 3.85. The quantitative estimate of drug-likeness (QED) is 0.725. The highest BCUT2D eigenvalue weighted by Gasteiger charge is 2.16. The molecule has 1 atom stereocenters. The second-order valence-electron chi connectivity index (χ2n) is 5.75.